The van der Waals surface area contributed by atoms with E-state index < -0.39 is 0 Å². The molecular formula is C9H16N2OS. The van der Waals surface area contributed by atoms with E-state index >= 15 is 0 Å². The van der Waals surface area contributed by atoms with Crippen molar-refractivity contribution in [3.05, 3.63) is 16.7 Å². The minimum Gasteiger partial charge on any atom is -0.383 e. The van der Waals surface area contributed by atoms with Crippen LogP contribution in [0.4, 0.5) is 0 Å². The monoisotopic (exact) mass is 200 g/mol. The molecule has 1 aromatic heterocycles. The van der Waals surface area contributed by atoms with Crippen molar-refractivity contribution in [1.82, 2.24) is 9.55 Å². The number of hydrogen-bond acceptors (Lipinski definition) is 2. The number of H-pyrrole nitrogens is 1. The molecule has 4 heteroatoms. The Morgan fingerprint density at radius 1 is 1.69 bits per heavy atom. The van der Waals surface area contributed by atoms with E-state index in [2.05, 4.69) is 23.4 Å². The third kappa shape index (κ3) is 2.19. The number of aromatic nitrogens is 2. The van der Waals surface area contributed by atoms with Crippen molar-refractivity contribution in [3.8, 4) is 0 Å². The Morgan fingerprint density at radius 2 is 2.38 bits per heavy atom. The first kappa shape index (κ1) is 10.5. The van der Waals surface area contributed by atoms with Crippen LogP contribution in [0.3, 0.4) is 0 Å². The van der Waals surface area contributed by atoms with Crippen molar-refractivity contribution in [3.63, 3.8) is 0 Å². The van der Waals surface area contributed by atoms with Crippen LogP contribution in [-0.2, 0) is 11.2 Å². The van der Waals surface area contributed by atoms with Crippen LogP contribution in [0.15, 0.2) is 6.20 Å². The van der Waals surface area contributed by atoms with Gasteiger partial charge in [0, 0.05) is 19.0 Å². The van der Waals surface area contributed by atoms with Gasteiger partial charge in [0.2, 0.25) is 0 Å². The smallest absolute Gasteiger partial charge is 0.177 e. The second-order valence-corrected chi connectivity index (χ2v) is 3.50. The van der Waals surface area contributed by atoms with Crippen molar-refractivity contribution in [1.29, 1.82) is 0 Å². The summed E-state index contributed by atoms with van der Waals surface area (Å²) in [5.74, 6) is 0. The van der Waals surface area contributed by atoms with Crippen LogP contribution >= 0.6 is 12.2 Å². The van der Waals surface area contributed by atoms with E-state index in [1.165, 1.54) is 5.69 Å². The van der Waals surface area contributed by atoms with Gasteiger partial charge >= 0.3 is 0 Å². The van der Waals surface area contributed by atoms with E-state index in [4.69, 9.17) is 17.0 Å². The molecular weight excluding hydrogens is 184 g/mol. The number of aryl methyl sites for hydroxylation is 1. The van der Waals surface area contributed by atoms with Crippen molar-refractivity contribution in [2.24, 2.45) is 0 Å². The highest BCUT2D eigenvalue weighted by atomic mass is 32.1. The Balaban J connectivity index is 2.96. The molecule has 0 bridgehead atoms. The van der Waals surface area contributed by atoms with Crippen LogP contribution in [0.5, 0.6) is 0 Å². The third-order valence-corrected chi connectivity index (χ3v) is 2.42. The highest BCUT2D eigenvalue weighted by Gasteiger charge is 2.09. The second-order valence-electron chi connectivity index (χ2n) is 3.11. The highest BCUT2D eigenvalue weighted by molar-refractivity contribution is 7.71. The van der Waals surface area contributed by atoms with Crippen molar-refractivity contribution in [2.45, 2.75) is 26.3 Å². The molecule has 0 aromatic carbocycles. The summed E-state index contributed by atoms with van der Waals surface area (Å²) in [6.07, 6.45) is 2.95. The van der Waals surface area contributed by atoms with E-state index in [1.54, 1.807) is 7.11 Å². The average Bonchev–Trinajstić information content (AvgIpc) is 2.47. The zero-order valence-electron chi connectivity index (χ0n) is 8.33. The summed E-state index contributed by atoms with van der Waals surface area (Å²) in [6, 6.07) is 0.304. The first-order valence-electron chi connectivity index (χ1n) is 4.48. The summed E-state index contributed by atoms with van der Waals surface area (Å²) in [4.78, 5) is 3.05. The quantitative estimate of drug-likeness (QED) is 0.756. The molecule has 0 saturated carbocycles. The Morgan fingerprint density at radius 3 is 2.92 bits per heavy atom. The SMILES string of the molecule is CCc1c[nH]c(=S)n1C(C)COC. The van der Waals surface area contributed by atoms with Gasteiger partial charge in [0.15, 0.2) is 4.77 Å². The van der Waals surface area contributed by atoms with Gasteiger partial charge in [0.05, 0.1) is 12.6 Å². The number of methoxy groups -OCH3 is 1. The van der Waals surface area contributed by atoms with Gasteiger partial charge in [-0.1, -0.05) is 6.92 Å². The lowest BCUT2D eigenvalue weighted by Gasteiger charge is -2.14. The number of nitrogens with zero attached hydrogens (tertiary/aromatic N) is 1. The van der Waals surface area contributed by atoms with E-state index in [1.807, 2.05) is 6.20 Å². The fourth-order valence-electron chi connectivity index (χ4n) is 1.49. The van der Waals surface area contributed by atoms with Gasteiger partial charge < -0.3 is 14.3 Å². The number of hydrogen-bond donors (Lipinski definition) is 1. The number of aromatic amines is 1. The van der Waals surface area contributed by atoms with E-state index in [0.29, 0.717) is 12.6 Å². The molecule has 1 rings (SSSR count). The van der Waals surface area contributed by atoms with Crippen molar-refractivity contribution < 1.29 is 4.74 Å². The maximum atomic E-state index is 5.18. The zero-order valence-corrected chi connectivity index (χ0v) is 9.15. The number of nitrogens with one attached hydrogen (secondary N) is 1. The Hall–Kier alpha value is -0.610. The lowest BCUT2D eigenvalue weighted by Crippen LogP contribution is -2.13. The average molecular weight is 200 g/mol. The minimum absolute atomic E-state index is 0.304. The highest BCUT2D eigenvalue weighted by Crippen LogP contribution is 2.12. The Labute approximate surface area is 83.7 Å². The molecule has 0 aliphatic carbocycles. The normalized spacial score (nSPS) is 13.2. The molecule has 1 heterocycles. The van der Waals surface area contributed by atoms with E-state index in [-0.39, 0.29) is 0 Å². The largest absolute Gasteiger partial charge is 0.383 e. The molecule has 0 fully saturated rings. The van der Waals surface area contributed by atoms with Crippen molar-refractivity contribution >= 4 is 12.2 Å². The fourth-order valence-corrected chi connectivity index (χ4v) is 1.84. The summed E-state index contributed by atoms with van der Waals surface area (Å²) in [5.41, 5.74) is 1.23. The molecule has 74 valence electrons. The summed E-state index contributed by atoms with van der Waals surface area (Å²) in [7, 11) is 1.71. The van der Waals surface area contributed by atoms with Crippen molar-refractivity contribution in [2.75, 3.05) is 13.7 Å². The minimum atomic E-state index is 0.304. The van der Waals surface area contributed by atoms with Crippen LogP contribution in [0.25, 0.3) is 0 Å². The lowest BCUT2D eigenvalue weighted by atomic mass is 10.3. The Bertz CT molecular complexity index is 316. The molecule has 0 spiro atoms. The lowest BCUT2D eigenvalue weighted by molar-refractivity contribution is 0.160. The van der Waals surface area contributed by atoms with Gasteiger partial charge in [-0.05, 0) is 25.6 Å². The molecule has 1 unspecified atom stereocenters. The Kier molecular flexibility index (Phi) is 3.69. The molecule has 1 N–H and O–H groups in total. The van der Waals surface area contributed by atoms with E-state index in [9.17, 15) is 0 Å². The van der Waals surface area contributed by atoms with Gasteiger partial charge in [0.1, 0.15) is 0 Å². The van der Waals surface area contributed by atoms with Crippen LogP contribution in [-0.4, -0.2) is 23.3 Å². The van der Waals surface area contributed by atoms with Crippen LogP contribution < -0.4 is 0 Å². The summed E-state index contributed by atoms with van der Waals surface area (Å²) >= 11 is 5.18. The zero-order chi connectivity index (χ0) is 9.84. The predicted molar refractivity (Wildman–Crippen MR) is 55.6 cm³/mol. The standard InChI is InChI=1S/C9H16N2OS/c1-4-8-5-10-9(13)11(8)7(2)6-12-3/h5,7H,4,6H2,1-3H3,(H,10,13). The third-order valence-electron chi connectivity index (χ3n) is 2.10. The van der Waals surface area contributed by atoms with Crippen LogP contribution in [0, 0.1) is 4.77 Å². The topological polar surface area (TPSA) is 29.9 Å². The van der Waals surface area contributed by atoms with Gasteiger partial charge in [-0.3, -0.25) is 0 Å². The second kappa shape index (κ2) is 4.58. The first-order valence-corrected chi connectivity index (χ1v) is 4.89. The number of ether oxygens (including phenoxy) is 1. The fraction of sp³-hybridized carbons (Fsp3) is 0.667. The maximum Gasteiger partial charge on any atom is 0.177 e. The molecule has 1 aromatic rings. The summed E-state index contributed by atoms with van der Waals surface area (Å²) in [6.45, 7) is 4.92. The van der Waals surface area contributed by atoms with Gasteiger partial charge in [-0.2, -0.15) is 0 Å². The number of imidazole rings is 1. The molecule has 0 aliphatic rings. The predicted octanol–water partition coefficient (Wildman–Crippen LogP) is 2.32. The summed E-state index contributed by atoms with van der Waals surface area (Å²) in [5, 5.41) is 0. The molecule has 0 radical (unpaired) electrons. The molecule has 3 nitrogen and oxygen atoms in total. The van der Waals surface area contributed by atoms with Gasteiger partial charge in [0.25, 0.3) is 0 Å². The molecule has 13 heavy (non-hydrogen) atoms. The first-order chi connectivity index (χ1) is 6.20. The van der Waals surface area contributed by atoms with Crippen LogP contribution in [0.1, 0.15) is 25.6 Å². The molecule has 1 atom stereocenters. The summed E-state index contributed by atoms with van der Waals surface area (Å²) < 4.78 is 7.99. The molecule has 0 saturated heterocycles. The van der Waals surface area contributed by atoms with Gasteiger partial charge in [-0.15, -0.1) is 0 Å². The molecule has 0 amide bonds. The maximum absolute atomic E-state index is 5.18. The van der Waals surface area contributed by atoms with Crippen LogP contribution in [0.2, 0.25) is 0 Å². The van der Waals surface area contributed by atoms with Gasteiger partial charge in [-0.25, -0.2) is 0 Å². The van der Waals surface area contributed by atoms with E-state index in [0.717, 1.165) is 11.2 Å². The molecule has 0 aliphatic heterocycles. The number of rotatable bonds is 4.